The molecular weight excluding hydrogens is 252 g/mol. The van der Waals surface area contributed by atoms with E-state index in [4.69, 9.17) is 9.47 Å². The third kappa shape index (κ3) is 4.12. The molecule has 1 aromatic carbocycles. The Morgan fingerprint density at radius 2 is 2.00 bits per heavy atom. The second kappa shape index (κ2) is 7.50. The molecule has 20 heavy (non-hydrogen) atoms. The summed E-state index contributed by atoms with van der Waals surface area (Å²) < 4.78 is 10.9. The SMILES string of the molecule is CCOc1ccc(CNC2CCN(C)CC2)cc1OC. The average molecular weight is 278 g/mol. The van der Waals surface area contributed by atoms with Crippen molar-refractivity contribution in [2.75, 3.05) is 33.9 Å². The lowest BCUT2D eigenvalue weighted by atomic mass is 10.1. The number of nitrogens with zero attached hydrogens (tertiary/aromatic N) is 1. The predicted molar refractivity (Wildman–Crippen MR) is 81.5 cm³/mol. The largest absolute Gasteiger partial charge is 0.493 e. The van der Waals surface area contributed by atoms with Gasteiger partial charge in [0.15, 0.2) is 11.5 Å². The highest BCUT2D eigenvalue weighted by atomic mass is 16.5. The number of nitrogens with one attached hydrogen (secondary N) is 1. The van der Waals surface area contributed by atoms with Crippen molar-refractivity contribution in [1.29, 1.82) is 0 Å². The van der Waals surface area contributed by atoms with Gasteiger partial charge in [-0.25, -0.2) is 0 Å². The van der Waals surface area contributed by atoms with E-state index in [1.165, 1.54) is 31.5 Å². The summed E-state index contributed by atoms with van der Waals surface area (Å²) in [4.78, 5) is 2.39. The van der Waals surface area contributed by atoms with Gasteiger partial charge < -0.3 is 19.7 Å². The molecule has 1 aliphatic rings. The van der Waals surface area contributed by atoms with Crippen LogP contribution in [0.4, 0.5) is 0 Å². The van der Waals surface area contributed by atoms with Gasteiger partial charge in [0.05, 0.1) is 13.7 Å². The van der Waals surface area contributed by atoms with Crippen molar-refractivity contribution < 1.29 is 9.47 Å². The van der Waals surface area contributed by atoms with E-state index in [2.05, 4.69) is 29.4 Å². The molecule has 1 aromatic rings. The fraction of sp³-hybridized carbons (Fsp3) is 0.625. The zero-order valence-electron chi connectivity index (χ0n) is 12.8. The molecule has 1 aliphatic heterocycles. The number of ether oxygens (including phenoxy) is 2. The first-order valence-electron chi connectivity index (χ1n) is 7.44. The molecule has 0 radical (unpaired) electrons. The van der Waals surface area contributed by atoms with Crippen molar-refractivity contribution >= 4 is 0 Å². The molecule has 4 heteroatoms. The number of hydrogen-bond donors (Lipinski definition) is 1. The van der Waals surface area contributed by atoms with Crippen molar-refractivity contribution in [2.45, 2.75) is 32.4 Å². The van der Waals surface area contributed by atoms with E-state index < -0.39 is 0 Å². The van der Waals surface area contributed by atoms with E-state index in [9.17, 15) is 0 Å². The summed E-state index contributed by atoms with van der Waals surface area (Å²) in [5, 5.41) is 3.64. The Balaban J connectivity index is 1.89. The fourth-order valence-corrected chi connectivity index (χ4v) is 2.57. The maximum atomic E-state index is 5.54. The summed E-state index contributed by atoms with van der Waals surface area (Å²) in [6, 6.07) is 6.79. The van der Waals surface area contributed by atoms with Crippen LogP contribution in [-0.2, 0) is 6.54 Å². The van der Waals surface area contributed by atoms with Gasteiger partial charge in [-0.1, -0.05) is 6.07 Å². The molecule has 0 amide bonds. The Labute approximate surface area is 122 Å². The number of piperidine rings is 1. The Morgan fingerprint density at radius 1 is 1.25 bits per heavy atom. The van der Waals surface area contributed by atoms with Crippen molar-refractivity contribution in [3.05, 3.63) is 23.8 Å². The maximum absolute atomic E-state index is 5.54. The van der Waals surface area contributed by atoms with Crippen LogP contribution in [0.2, 0.25) is 0 Å². The van der Waals surface area contributed by atoms with Crippen LogP contribution in [0.15, 0.2) is 18.2 Å². The number of rotatable bonds is 6. The normalized spacial score (nSPS) is 17.1. The lowest BCUT2D eigenvalue weighted by Crippen LogP contribution is -2.40. The standard InChI is InChI=1S/C16H26N2O2/c1-4-20-15-6-5-13(11-16(15)19-3)12-17-14-7-9-18(2)10-8-14/h5-6,11,14,17H,4,7-10,12H2,1-3H3. The van der Waals surface area contributed by atoms with Crippen LogP contribution in [0, 0.1) is 0 Å². The molecule has 0 bridgehead atoms. The third-order valence-electron chi connectivity index (χ3n) is 3.84. The monoisotopic (exact) mass is 278 g/mol. The Hall–Kier alpha value is -1.26. The van der Waals surface area contributed by atoms with E-state index in [0.29, 0.717) is 12.6 Å². The van der Waals surface area contributed by atoms with Crippen molar-refractivity contribution in [1.82, 2.24) is 10.2 Å². The number of hydrogen-bond acceptors (Lipinski definition) is 4. The van der Waals surface area contributed by atoms with Gasteiger partial charge in [-0.2, -0.15) is 0 Å². The Morgan fingerprint density at radius 3 is 2.65 bits per heavy atom. The zero-order chi connectivity index (χ0) is 14.4. The lowest BCUT2D eigenvalue weighted by Gasteiger charge is -2.29. The highest BCUT2D eigenvalue weighted by molar-refractivity contribution is 5.42. The highest BCUT2D eigenvalue weighted by Gasteiger charge is 2.16. The van der Waals surface area contributed by atoms with Crippen LogP contribution in [0.25, 0.3) is 0 Å². The summed E-state index contributed by atoms with van der Waals surface area (Å²) in [5.41, 5.74) is 1.24. The minimum Gasteiger partial charge on any atom is -0.493 e. The minimum absolute atomic E-state index is 0.628. The van der Waals surface area contributed by atoms with E-state index in [1.54, 1.807) is 7.11 Å². The molecule has 1 heterocycles. The topological polar surface area (TPSA) is 33.7 Å². The van der Waals surface area contributed by atoms with Gasteiger partial charge in [0.1, 0.15) is 0 Å². The lowest BCUT2D eigenvalue weighted by molar-refractivity contribution is 0.234. The molecule has 2 rings (SSSR count). The van der Waals surface area contributed by atoms with Crippen molar-refractivity contribution in [3.63, 3.8) is 0 Å². The molecule has 1 N–H and O–H groups in total. The first-order chi connectivity index (χ1) is 9.72. The van der Waals surface area contributed by atoms with Gasteiger partial charge in [-0.15, -0.1) is 0 Å². The van der Waals surface area contributed by atoms with Crippen LogP contribution in [0.5, 0.6) is 11.5 Å². The van der Waals surface area contributed by atoms with Crippen molar-refractivity contribution in [2.24, 2.45) is 0 Å². The highest BCUT2D eigenvalue weighted by Crippen LogP contribution is 2.28. The second-order valence-corrected chi connectivity index (χ2v) is 5.38. The summed E-state index contributed by atoms with van der Waals surface area (Å²) in [7, 11) is 3.87. The van der Waals surface area contributed by atoms with Gasteiger partial charge in [0, 0.05) is 12.6 Å². The van der Waals surface area contributed by atoms with Gasteiger partial charge in [-0.3, -0.25) is 0 Å². The third-order valence-corrected chi connectivity index (χ3v) is 3.84. The molecule has 1 saturated heterocycles. The molecule has 0 unspecified atom stereocenters. The van der Waals surface area contributed by atoms with E-state index in [-0.39, 0.29) is 0 Å². The van der Waals surface area contributed by atoms with Crippen LogP contribution >= 0.6 is 0 Å². The second-order valence-electron chi connectivity index (χ2n) is 5.38. The summed E-state index contributed by atoms with van der Waals surface area (Å²) >= 11 is 0. The van der Waals surface area contributed by atoms with E-state index in [1.807, 2.05) is 13.0 Å². The first kappa shape index (κ1) is 15.1. The van der Waals surface area contributed by atoms with Crippen LogP contribution in [0.3, 0.4) is 0 Å². The molecule has 4 nitrogen and oxygen atoms in total. The molecule has 0 atom stereocenters. The van der Waals surface area contributed by atoms with E-state index in [0.717, 1.165) is 18.0 Å². The number of methoxy groups -OCH3 is 1. The molecule has 0 aromatic heterocycles. The van der Waals surface area contributed by atoms with Crippen LogP contribution in [-0.4, -0.2) is 44.8 Å². The molecule has 1 fully saturated rings. The molecule has 0 saturated carbocycles. The number of benzene rings is 1. The van der Waals surface area contributed by atoms with E-state index >= 15 is 0 Å². The summed E-state index contributed by atoms with van der Waals surface area (Å²) in [5.74, 6) is 1.63. The Bertz CT molecular complexity index is 415. The zero-order valence-corrected chi connectivity index (χ0v) is 12.8. The summed E-state index contributed by atoms with van der Waals surface area (Å²) in [6.45, 7) is 5.89. The first-order valence-corrected chi connectivity index (χ1v) is 7.44. The molecule has 112 valence electrons. The quantitative estimate of drug-likeness (QED) is 0.865. The molecule has 0 spiro atoms. The molecule has 0 aliphatic carbocycles. The van der Waals surface area contributed by atoms with Gasteiger partial charge in [0.2, 0.25) is 0 Å². The Kier molecular flexibility index (Phi) is 5.68. The fourth-order valence-electron chi connectivity index (χ4n) is 2.57. The van der Waals surface area contributed by atoms with Gasteiger partial charge >= 0.3 is 0 Å². The van der Waals surface area contributed by atoms with Gasteiger partial charge in [-0.05, 0) is 57.6 Å². The van der Waals surface area contributed by atoms with Crippen LogP contribution in [0.1, 0.15) is 25.3 Å². The predicted octanol–water partition coefficient (Wildman–Crippen LogP) is 2.28. The van der Waals surface area contributed by atoms with Crippen molar-refractivity contribution in [3.8, 4) is 11.5 Å². The minimum atomic E-state index is 0.628. The number of likely N-dealkylation sites (tertiary alicyclic amines) is 1. The maximum Gasteiger partial charge on any atom is 0.161 e. The average Bonchev–Trinajstić information content (AvgIpc) is 2.48. The smallest absolute Gasteiger partial charge is 0.161 e. The van der Waals surface area contributed by atoms with Crippen LogP contribution < -0.4 is 14.8 Å². The van der Waals surface area contributed by atoms with Gasteiger partial charge in [0.25, 0.3) is 0 Å². The molecular formula is C16H26N2O2. The summed E-state index contributed by atoms with van der Waals surface area (Å²) in [6.07, 6.45) is 2.45.